The fraction of sp³-hybridized carbons (Fsp3) is 0. The molecular weight excluding hydrogens is 605 g/mol. The summed E-state index contributed by atoms with van der Waals surface area (Å²) in [5.74, 6) is 0.724. The maximum absolute atomic E-state index is 4.76. The molecule has 9 aromatic rings. The molecule has 0 N–H and O–H groups in total. The third-order valence-electron chi connectivity index (χ3n) is 9.58. The van der Waals surface area contributed by atoms with Crippen molar-refractivity contribution in [2.24, 2.45) is 0 Å². The van der Waals surface area contributed by atoms with Crippen molar-refractivity contribution in [3.63, 3.8) is 0 Å². The van der Waals surface area contributed by atoms with Crippen molar-refractivity contribution in [1.82, 2.24) is 9.97 Å². The fourth-order valence-electron chi connectivity index (χ4n) is 7.22. The summed E-state index contributed by atoms with van der Waals surface area (Å²) < 4.78 is 0. The van der Waals surface area contributed by atoms with Gasteiger partial charge in [-0.15, -0.1) is 0 Å². The zero-order valence-electron chi connectivity index (χ0n) is 27.4. The predicted octanol–water partition coefficient (Wildman–Crippen LogP) is 12.8. The zero-order chi connectivity index (χ0) is 33.3. The Labute approximate surface area is 292 Å². The van der Waals surface area contributed by atoms with Crippen molar-refractivity contribution in [3.05, 3.63) is 194 Å². The topological polar surface area (TPSA) is 25.8 Å². The highest BCUT2D eigenvalue weighted by Crippen LogP contribution is 2.46. The van der Waals surface area contributed by atoms with Crippen molar-refractivity contribution in [2.45, 2.75) is 0 Å². The van der Waals surface area contributed by atoms with Crippen LogP contribution >= 0.6 is 0 Å². The number of hydrogen-bond acceptors (Lipinski definition) is 2. The van der Waals surface area contributed by atoms with Crippen LogP contribution < -0.4 is 0 Å². The minimum atomic E-state index is 0.724. The van der Waals surface area contributed by atoms with Crippen molar-refractivity contribution >= 4 is 21.5 Å². The van der Waals surface area contributed by atoms with E-state index >= 15 is 0 Å². The SMILES string of the molecule is c1ccc(-c2ncc(-c3ccc4c(-c5ccccc5)c5cc(-c6ccccc6-c6ccccc6)ccc5c(-c5ccccc5)c4c3)cn2)cc1. The molecule has 9 rings (SSSR count). The summed E-state index contributed by atoms with van der Waals surface area (Å²) >= 11 is 0. The van der Waals surface area contributed by atoms with E-state index < -0.39 is 0 Å². The Bertz CT molecular complexity index is 2600. The Balaban J connectivity index is 1.31. The van der Waals surface area contributed by atoms with E-state index in [9.17, 15) is 0 Å². The second-order valence-corrected chi connectivity index (χ2v) is 12.6. The van der Waals surface area contributed by atoms with Gasteiger partial charge in [0.1, 0.15) is 0 Å². The van der Waals surface area contributed by atoms with Gasteiger partial charge in [-0.1, -0.05) is 170 Å². The zero-order valence-corrected chi connectivity index (χ0v) is 27.4. The lowest BCUT2D eigenvalue weighted by molar-refractivity contribution is 1.18. The van der Waals surface area contributed by atoms with Crippen LogP contribution in [0.4, 0.5) is 0 Å². The molecule has 2 nitrogen and oxygen atoms in total. The van der Waals surface area contributed by atoms with Crippen molar-refractivity contribution in [2.75, 3.05) is 0 Å². The molecule has 0 spiro atoms. The van der Waals surface area contributed by atoms with Gasteiger partial charge in [-0.05, 0) is 83.7 Å². The van der Waals surface area contributed by atoms with Crippen LogP contribution in [0.1, 0.15) is 0 Å². The number of nitrogens with zero attached hydrogens (tertiary/aromatic N) is 2. The summed E-state index contributed by atoms with van der Waals surface area (Å²) in [5.41, 5.74) is 12.8. The molecule has 0 radical (unpaired) electrons. The summed E-state index contributed by atoms with van der Waals surface area (Å²) in [5, 5.41) is 4.86. The highest BCUT2D eigenvalue weighted by Gasteiger charge is 2.19. The summed E-state index contributed by atoms with van der Waals surface area (Å²) in [7, 11) is 0. The summed E-state index contributed by atoms with van der Waals surface area (Å²) in [4.78, 5) is 9.51. The molecule has 0 aliphatic heterocycles. The fourth-order valence-corrected chi connectivity index (χ4v) is 7.22. The van der Waals surface area contributed by atoms with Crippen LogP contribution in [0.5, 0.6) is 0 Å². The largest absolute Gasteiger partial charge is 0.236 e. The Morgan fingerprint density at radius 3 is 1.18 bits per heavy atom. The van der Waals surface area contributed by atoms with Crippen molar-refractivity contribution in [1.29, 1.82) is 0 Å². The Morgan fingerprint density at radius 1 is 0.260 bits per heavy atom. The monoisotopic (exact) mass is 636 g/mol. The molecule has 1 heterocycles. The van der Waals surface area contributed by atoms with Gasteiger partial charge in [-0.2, -0.15) is 0 Å². The highest BCUT2D eigenvalue weighted by molar-refractivity contribution is 6.22. The molecule has 0 fully saturated rings. The highest BCUT2D eigenvalue weighted by atomic mass is 14.9. The van der Waals surface area contributed by atoms with Gasteiger partial charge in [0.25, 0.3) is 0 Å². The molecule has 0 saturated heterocycles. The van der Waals surface area contributed by atoms with Crippen LogP contribution in [-0.2, 0) is 0 Å². The third-order valence-corrected chi connectivity index (χ3v) is 9.58. The molecule has 0 atom stereocenters. The first kappa shape index (κ1) is 29.5. The smallest absolute Gasteiger partial charge is 0.159 e. The molecule has 0 aliphatic carbocycles. The van der Waals surface area contributed by atoms with Gasteiger partial charge in [0.15, 0.2) is 5.82 Å². The molecular formula is C48H32N2. The number of aromatic nitrogens is 2. The van der Waals surface area contributed by atoms with Crippen molar-refractivity contribution in [3.8, 4) is 67.0 Å². The standard InChI is InChI=1S/C48H32N2/c1-5-15-33(16-6-1)40-23-13-14-24-41(40)38-26-28-43-45(30-38)47(35-19-9-3-10-20-35)42-27-25-37(29-44(42)46(43)34-17-7-2-8-18-34)39-31-49-48(50-32-39)36-21-11-4-12-22-36/h1-32H. The van der Waals surface area contributed by atoms with Crippen LogP contribution in [0, 0.1) is 0 Å². The molecule has 8 aromatic carbocycles. The van der Waals surface area contributed by atoms with Gasteiger partial charge in [0.05, 0.1) is 0 Å². The van der Waals surface area contributed by atoms with E-state index in [0.29, 0.717) is 0 Å². The van der Waals surface area contributed by atoms with E-state index in [2.05, 4.69) is 152 Å². The van der Waals surface area contributed by atoms with E-state index in [0.717, 1.165) is 22.5 Å². The van der Waals surface area contributed by atoms with Crippen LogP contribution in [0.25, 0.3) is 88.6 Å². The van der Waals surface area contributed by atoms with Gasteiger partial charge in [0, 0.05) is 23.5 Å². The first-order chi connectivity index (χ1) is 24.8. The molecule has 234 valence electrons. The summed E-state index contributed by atoms with van der Waals surface area (Å²) in [6.07, 6.45) is 3.88. The Morgan fingerprint density at radius 2 is 0.660 bits per heavy atom. The van der Waals surface area contributed by atoms with Crippen LogP contribution in [0.3, 0.4) is 0 Å². The van der Waals surface area contributed by atoms with Gasteiger partial charge in [-0.25, -0.2) is 9.97 Å². The first-order valence-corrected chi connectivity index (χ1v) is 17.0. The predicted molar refractivity (Wildman–Crippen MR) is 210 cm³/mol. The van der Waals surface area contributed by atoms with Crippen LogP contribution in [0.2, 0.25) is 0 Å². The minimum absolute atomic E-state index is 0.724. The Kier molecular flexibility index (Phi) is 7.53. The van der Waals surface area contributed by atoms with E-state index in [4.69, 9.17) is 9.97 Å². The maximum atomic E-state index is 4.76. The number of benzene rings is 8. The average Bonchev–Trinajstić information content (AvgIpc) is 3.21. The maximum Gasteiger partial charge on any atom is 0.159 e. The number of rotatable bonds is 6. The molecule has 0 unspecified atom stereocenters. The molecule has 1 aromatic heterocycles. The molecule has 2 heteroatoms. The number of hydrogen-bond donors (Lipinski definition) is 0. The third kappa shape index (κ3) is 5.34. The first-order valence-electron chi connectivity index (χ1n) is 17.0. The molecule has 0 bridgehead atoms. The summed E-state index contributed by atoms with van der Waals surface area (Å²) in [6.45, 7) is 0. The second kappa shape index (κ2) is 12.8. The quantitative estimate of drug-likeness (QED) is 0.170. The lowest BCUT2D eigenvalue weighted by Gasteiger charge is -2.20. The van der Waals surface area contributed by atoms with E-state index in [1.54, 1.807) is 0 Å². The van der Waals surface area contributed by atoms with Gasteiger partial charge < -0.3 is 0 Å². The molecule has 50 heavy (non-hydrogen) atoms. The van der Waals surface area contributed by atoms with Crippen molar-refractivity contribution < 1.29 is 0 Å². The van der Waals surface area contributed by atoms with Gasteiger partial charge in [-0.3, -0.25) is 0 Å². The van der Waals surface area contributed by atoms with Gasteiger partial charge >= 0.3 is 0 Å². The molecule has 0 amide bonds. The van der Waals surface area contributed by atoms with E-state index in [-0.39, 0.29) is 0 Å². The van der Waals surface area contributed by atoms with Gasteiger partial charge in [0.2, 0.25) is 0 Å². The van der Waals surface area contributed by atoms with E-state index in [1.807, 2.05) is 42.7 Å². The average molecular weight is 637 g/mol. The molecule has 0 saturated carbocycles. The van der Waals surface area contributed by atoms with E-state index in [1.165, 1.54) is 66.1 Å². The lowest BCUT2D eigenvalue weighted by Crippen LogP contribution is -1.94. The summed E-state index contributed by atoms with van der Waals surface area (Å²) in [6, 6.07) is 64.9. The normalized spacial score (nSPS) is 11.2. The Hall–Kier alpha value is -6.64. The molecule has 0 aliphatic rings. The second-order valence-electron chi connectivity index (χ2n) is 12.6. The minimum Gasteiger partial charge on any atom is -0.236 e. The lowest BCUT2D eigenvalue weighted by atomic mass is 9.83. The van der Waals surface area contributed by atoms with Crippen LogP contribution in [-0.4, -0.2) is 9.97 Å². The van der Waals surface area contributed by atoms with Crippen LogP contribution in [0.15, 0.2) is 194 Å². The number of fused-ring (bicyclic) bond motifs is 2.